The van der Waals surface area contributed by atoms with Crippen molar-refractivity contribution >= 4 is 11.8 Å². The molecule has 2 aromatic rings. The molecule has 0 aliphatic carbocycles. The van der Waals surface area contributed by atoms with Crippen LogP contribution in [0, 0.1) is 11.7 Å². The fourth-order valence-electron chi connectivity index (χ4n) is 3.86. The highest BCUT2D eigenvalue weighted by Crippen LogP contribution is 2.32. The maximum absolute atomic E-state index is 13.1. The predicted octanol–water partition coefficient (Wildman–Crippen LogP) is 3.33. The molecule has 2 aromatic carbocycles. The average molecular weight is 412 g/mol. The van der Waals surface area contributed by atoms with Crippen molar-refractivity contribution < 1.29 is 23.5 Å². The lowest BCUT2D eigenvalue weighted by Gasteiger charge is -2.32. The number of nitrogens with one attached hydrogen (secondary N) is 1. The number of carbonyl (C=O) groups excluding carboxylic acids is 2. The van der Waals surface area contributed by atoms with Crippen molar-refractivity contribution in [2.75, 3.05) is 26.3 Å². The lowest BCUT2D eigenvalue weighted by molar-refractivity contribution is -0.127. The molecule has 7 heteroatoms. The zero-order valence-electron chi connectivity index (χ0n) is 16.9. The molecule has 0 saturated carbocycles. The van der Waals surface area contributed by atoms with E-state index in [0.717, 1.165) is 11.3 Å². The fourth-order valence-corrected chi connectivity index (χ4v) is 3.86. The molecule has 30 heavy (non-hydrogen) atoms. The summed E-state index contributed by atoms with van der Waals surface area (Å²) in [5.74, 6) is 0.787. The van der Waals surface area contributed by atoms with Crippen molar-refractivity contribution in [2.45, 2.75) is 25.8 Å². The zero-order chi connectivity index (χ0) is 21.1. The summed E-state index contributed by atoms with van der Waals surface area (Å²) < 4.78 is 24.2. The van der Waals surface area contributed by atoms with Gasteiger partial charge in [-0.3, -0.25) is 9.59 Å². The van der Waals surface area contributed by atoms with Crippen LogP contribution in [-0.2, 0) is 4.79 Å². The van der Waals surface area contributed by atoms with Gasteiger partial charge in [-0.05, 0) is 61.7 Å². The third-order valence-electron chi connectivity index (χ3n) is 5.67. The topological polar surface area (TPSA) is 67.9 Å². The lowest BCUT2D eigenvalue weighted by atomic mass is 9.94. The van der Waals surface area contributed by atoms with Gasteiger partial charge in [-0.2, -0.15) is 0 Å². The maximum atomic E-state index is 13.1. The Balaban J connectivity index is 1.31. The van der Waals surface area contributed by atoms with Crippen molar-refractivity contribution in [3.05, 3.63) is 59.4 Å². The quantitative estimate of drug-likeness (QED) is 0.837. The Morgan fingerprint density at radius 3 is 2.40 bits per heavy atom. The number of ether oxygens (including phenoxy) is 2. The van der Waals surface area contributed by atoms with Crippen LogP contribution in [0.3, 0.4) is 0 Å². The van der Waals surface area contributed by atoms with Gasteiger partial charge in [0, 0.05) is 24.6 Å². The SMILES string of the molecule is C[C@H](NC(=O)C1CCN(C(=O)c2ccc(F)cc2)CC1)c1ccc2c(c1)OCCO2. The molecule has 6 nitrogen and oxygen atoms in total. The smallest absolute Gasteiger partial charge is 0.253 e. The summed E-state index contributed by atoms with van der Waals surface area (Å²) in [6.45, 7) is 4.02. The molecular weight excluding hydrogens is 387 g/mol. The highest BCUT2D eigenvalue weighted by molar-refractivity contribution is 5.94. The zero-order valence-corrected chi connectivity index (χ0v) is 16.9. The van der Waals surface area contributed by atoms with E-state index in [9.17, 15) is 14.0 Å². The van der Waals surface area contributed by atoms with Crippen molar-refractivity contribution in [3.8, 4) is 11.5 Å². The van der Waals surface area contributed by atoms with Crippen LogP contribution in [0.15, 0.2) is 42.5 Å². The first kappa shape index (κ1) is 20.2. The molecule has 4 rings (SSSR count). The van der Waals surface area contributed by atoms with Gasteiger partial charge in [-0.15, -0.1) is 0 Å². The number of nitrogens with zero attached hydrogens (tertiary/aromatic N) is 1. The fraction of sp³-hybridized carbons (Fsp3) is 0.391. The Kier molecular flexibility index (Phi) is 5.88. The molecule has 2 heterocycles. The Labute approximate surface area is 175 Å². The molecule has 0 aromatic heterocycles. The molecule has 0 unspecified atom stereocenters. The molecule has 1 atom stereocenters. The van der Waals surface area contributed by atoms with Gasteiger partial charge in [0.15, 0.2) is 11.5 Å². The lowest BCUT2D eigenvalue weighted by Crippen LogP contribution is -2.43. The molecule has 158 valence electrons. The van der Waals surface area contributed by atoms with Crippen LogP contribution in [0.2, 0.25) is 0 Å². The molecular formula is C23H25FN2O4. The Morgan fingerprint density at radius 1 is 1.03 bits per heavy atom. The molecule has 1 fully saturated rings. The molecule has 0 bridgehead atoms. The second-order valence-corrected chi connectivity index (χ2v) is 7.71. The first-order valence-electron chi connectivity index (χ1n) is 10.3. The molecule has 1 saturated heterocycles. The van der Waals surface area contributed by atoms with Crippen molar-refractivity contribution in [1.29, 1.82) is 0 Å². The van der Waals surface area contributed by atoms with E-state index in [1.807, 2.05) is 25.1 Å². The third kappa shape index (κ3) is 4.40. The van der Waals surface area contributed by atoms with Gasteiger partial charge >= 0.3 is 0 Å². The first-order chi connectivity index (χ1) is 14.5. The number of hydrogen-bond donors (Lipinski definition) is 1. The number of halogens is 1. The number of piperidine rings is 1. The number of likely N-dealkylation sites (tertiary alicyclic amines) is 1. The second-order valence-electron chi connectivity index (χ2n) is 7.71. The van der Waals surface area contributed by atoms with Gasteiger partial charge < -0.3 is 19.7 Å². The normalized spacial score (nSPS) is 17.3. The van der Waals surface area contributed by atoms with Crippen LogP contribution in [0.4, 0.5) is 4.39 Å². The van der Waals surface area contributed by atoms with E-state index in [-0.39, 0.29) is 29.6 Å². The molecule has 0 spiro atoms. The van der Waals surface area contributed by atoms with Gasteiger partial charge in [0.1, 0.15) is 19.0 Å². The van der Waals surface area contributed by atoms with Gasteiger partial charge in [-0.1, -0.05) is 6.07 Å². The van der Waals surface area contributed by atoms with E-state index < -0.39 is 0 Å². The minimum Gasteiger partial charge on any atom is -0.486 e. The number of fused-ring (bicyclic) bond motifs is 1. The second kappa shape index (κ2) is 8.73. The Bertz CT molecular complexity index is 923. The Hall–Kier alpha value is -3.09. The summed E-state index contributed by atoms with van der Waals surface area (Å²) >= 11 is 0. The van der Waals surface area contributed by atoms with Crippen LogP contribution < -0.4 is 14.8 Å². The van der Waals surface area contributed by atoms with Crippen molar-refractivity contribution in [3.63, 3.8) is 0 Å². The van der Waals surface area contributed by atoms with Gasteiger partial charge in [0.25, 0.3) is 5.91 Å². The van der Waals surface area contributed by atoms with Crippen LogP contribution in [0.25, 0.3) is 0 Å². The molecule has 0 radical (unpaired) electrons. The highest BCUT2D eigenvalue weighted by Gasteiger charge is 2.28. The monoisotopic (exact) mass is 412 g/mol. The van der Waals surface area contributed by atoms with Crippen LogP contribution >= 0.6 is 0 Å². The van der Waals surface area contributed by atoms with E-state index in [2.05, 4.69) is 5.32 Å². The van der Waals surface area contributed by atoms with E-state index >= 15 is 0 Å². The number of hydrogen-bond acceptors (Lipinski definition) is 4. The van der Waals surface area contributed by atoms with Crippen LogP contribution in [0.1, 0.15) is 41.7 Å². The van der Waals surface area contributed by atoms with Gasteiger partial charge in [0.2, 0.25) is 5.91 Å². The summed E-state index contributed by atoms with van der Waals surface area (Å²) in [7, 11) is 0. The summed E-state index contributed by atoms with van der Waals surface area (Å²) in [5, 5.41) is 3.07. The van der Waals surface area contributed by atoms with E-state index in [0.29, 0.717) is 50.5 Å². The maximum Gasteiger partial charge on any atom is 0.253 e. The minimum absolute atomic E-state index is 0.00808. The van der Waals surface area contributed by atoms with E-state index in [1.165, 1.54) is 24.3 Å². The van der Waals surface area contributed by atoms with Gasteiger partial charge in [0.05, 0.1) is 6.04 Å². The molecule has 2 amide bonds. The first-order valence-corrected chi connectivity index (χ1v) is 10.3. The number of benzene rings is 2. The molecule has 1 N–H and O–H groups in total. The molecule has 2 aliphatic rings. The van der Waals surface area contributed by atoms with Crippen molar-refractivity contribution in [1.82, 2.24) is 10.2 Å². The van der Waals surface area contributed by atoms with Crippen LogP contribution in [0.5, 0.6) is 11.5 Å². The van der Waals surface area contributed by atoms with E-state index in [1.54, 1.807) is 4.90 Å². The summed E-state index contributed by atoms with van der Waals surface area (Å²) in [6, 6.07) is 11.1. The molecule has 2 aliphatic heterocycles. The predicted molar refractivity (Wildman–Crippen MR) is 109 cm³/mol. The minimum atomic E-state index is -0.367. The number of rotatable bonds is 4. The van der Waals surface area contributed by atoms with E-state index in [4.69, 9.17) is 9.47 Å². The highest BCUT2D eigenvalue weighted by atomic mass is 19.1. The third-order valence-corrected chi connectivity index (χ3v) is 5.67. The summed E-state index contributed by atoms with van der Waals surface area (Å²) in [6.07, 6.45) is 1.21. The Morgan fingerprint density at radius 2 is 1.70 bits per heavy atom. The summed E-state index contributed by atoms with van der Waals surface area (Å²) in [4.78, 5) is 27.0. The standard InChI is InChI=1S/C23H25FN2O4/c1-15(18-4-7-20-21(14-18)30-13-12-29-20)25-22(27)16-8-10-26(11-9-16)23(28)17-2-5-19(24)6-3-17/h2-7,14-16H,8-13H2,1H3,(H,25,27)/t15-/m0/s1. The number of carbonyl (C=O) groups is 2. The van der Waals surface area contributed by atoms with Crippen molar-refractivity contribution in [2.24, 2.45) is 5.92 Å². The summed E-state index contributed by atoms with van der Waals surface area (Å²) in [5.41, 5.74) is 1.42. The van der Waals surface area contributed by atoms with Crippen LogP contribution in [-0.4, -0.2) is 43.0 Å². The van der Waals surface area contributed by atoms with Gasteiger partial charge in [-0.25, -0.2) is 4.39 Å². The largest absolute Gasteiger partial charge is 0.486 e. The average Bonchev–Trinajstić information content (AvgIpc) is 2.79. The number of amides is 2.